The first-order valence-corrected chi connectivity index (χ1v) is 4.40. The van der Waals surface area contributed by atoms with Crippen LogP contribution >= 0.6 is 0 Å². The van der Waals surface area contributed by atoms with Crippen molar-refractivity contribution in [3.05, 3.63) is 35.9 Å². The lowest BCUT2D eigenvalue weighted by Gasteiger charge is -2.22. The highest BCUT2D eigenvalue weighted by Gasteiger charge is 2.21. The molecule has 1 aliphatic heterocycles. The summed E-state index contributed by atoms with van der Waals surface area (Å²) in [6, 6.07) is 9.43. The third-order valence-electron chi connectivity index (χ3n) is 2.10. The number of carbonyl (C=O) groups excluding carboxylic acids is 1. The number of rotatable bonds is 1. The molecule has 2 rings (SSSR count). The Kier molecular flexibility index (Phi) is 2.18. The third-order valence-corrected chi connectivity index (χ3v) is 2.10. The van der Waals surface area contributed by atoms with Crippen LogP contribution in [0.15, 0.2) is 35.4 Å². The third kappa shape index (κ3) is 1.46. The lowest BCUT2D eigenvalue weighted by molar-refractivity contribution is -0.123. The minimum Gasteiger partial charge on any atom is -0.321 e. The van der Waals surface area contributed by atoms with Crippen LogP contribution in [0.25, 0.3) is 0 Å². The molecule has 0 atom stereocenters. The van der Waals surface area contributed by atoms with Crippen molar-refractivity contribution in [1.29, 1.82) is 0 Å². The molecule has 4 nitrogen and oxygen atoms in total. The number of benzene rings is 1. The first-order valence-electron chi connectivity index (χ1n) is 4.40. The summed E-state index contributed by atoms with van der Waals surface area (Å²) in [7, 11) is 1.74. The normalized spacial score (nSPS) is 16.2. The summed E-state index contributed by atoms with van der Waals surface area (Å²) >= 11 is 0. The Hall–Kier alpha value is -1.84. The van der Waals surface area contributed by atoms with Gasteiger partial charge in [-0.2, -0.15) is 5.10 Å². The molecule has 0 saturated carbocycles. The molecular weight excluding hydrogens is 178 g/mol. The molecule has 0 fully saturated rings. The first kappa shape index (κ1) is 8.74. The molecule has 0 aliphatic carbocycles. The maximum Gasteiger partial charge on any atom is 0.276 e. The second kappa shape index (κ2) is 3.49. The lowest BCUT2D eigenvalue weighted by Crippen LogP contribution is -2.44. The fourth-order valence-electron chi connectivity index (χ4n) is 1.30. The molecule has 1 N–H and O–H groups in total. The van der Waals surface area contributed by atoms with E-state index < -0.39 is 0 Å². The van der Waals surface area contributed by atoms with Crippen LogP contribution in [0.3, 0.4) is 0 Å². The number of hydrogen-bond donors (Lipinski definition) is 1. The van der Waals surface area contributed by atoms with E-state index >= 15 is 0 Å². The number of likely N-dealkylation sites (N-methyl/N-ethyl adjacent to an activating group) is 1. The van der Waals surface area contributed by atoms with Gasteiger partial charge in [0.2, 0.25) is 0 Å². The molecule has 1 amide bonds. The number of hydrazone groups is 1. The minimum absolute atomic E-state index is 0.0463. The summed E-state index contributed by atoms with van der Waals surface area (Å²) < 4.78 is 0. The average Bonchev–Trinajstić information content (AvgIpc) is 2.23. The van der Waals surface area contributed by atoms with Crippen LogP contribution in [0.2, 0.25) is 0 Å². The zero-order valence-corrected chi connectivity index (χ0v) is 7.90. The first-order chi connectivity index (χ1) is 6.79. The van der Waals surface area contributed by atoms with Gasteiger partial charge in [0.1, 0.15) is 6.67 Å². The lowest BCUT2D eigenvalue weighted by atomic mass is 10.1. The summed E-state index contributed by atoms with van der Waals surface area (Å²) in [4.78, 5) is 13.3. The van der Waals surface area contributed by atoms with Crippen LogP contribution in [0, 0.1) is 0 Å². The van der Waals surface area contributed by atoms with Crippen molar-refractivity contribution in [2.45, 2.75) is 0 Å². The van der Waals surface area contributed by atoms with Gasteiger partial charge in [-0.1, -0.05) is 30.3 Å². The van der Waals surface area contributed by atoms with Crippen LogP contribution in [0.4, 0.5) is 0 Å². The number of hydrogen-bond acceptors (Lipinski definition) is 3. The highest BCUT2D eigenvalue weighted by molar-refractivity contribution is 6.45. The molecule has 72 valence electrons. The predicted molar refractivity (Wildman–Crippen MR) is 53.8 cm³/mol. The van der Waals surface area contributed by atoms with Crippen molar-refractivity contribution in [1.82, 2.24) is 10.3 Å². The fraction of sp³-hybridized carbons (Fsp3) is 0.200. The van der Waals surface area contributed by atoms with Crippen LogP contribution in [-0.2, 0) is 4.79 Å². The molecule has 1 heterocycles. The van der Waals surface area contributed by atoms with E-state index in [1.165, 1.54) is 0 Å². The smallest absolute Gasteiger partial charge is 0.276 e. The van der Waals surface area contributed by atoms with Gasteiger partial charge in [0.25, 0.3) is 5.91 Å². The predicted octanol–water partition coefficient (Wildman–Crippen LogP) is 0.410. The Labute approximate surface area is 82.2 Å². The molecule has 0 saturated heterocycles. The molecule has 1 aromatic carbocycles. The molecule has 1 aliphatic rings. The summed E-state index contributed by atoms with van der Waals surface area (Å²) in [6.07, 6.45) is 0. The topological polar surface area (TPSA) is 44.7 Å². The van der Waals surface area contributed by atoms with Gasteiger partial charge in [-0.25, -0.2) is 0 Å². The van der Waals surface area contributed by atoms with Crippen molar-refractivity contribution in [3.63, 3.8) is 0 Å². The summed E-state index contributed by atoms with van der Waals surface area (Å²) in [6.45, 7) is 0.467. The standard InChI is InChI=1S/C10H11N3O/c1-13-7-11-12-9(10(13)14)8-5-3-2-4-6-8/h2-6,11H,7H2,1H3. The monoisotopic (exact) mass is 189 g/mol. The van der Waals surface area contributed by atoms with Crippen molar-refractivity contribution >= 4 is 11.6 Å². The van der Waals surface area contributed by atoms with Gasteiger partial charge in [0.05, 0.1) is 0 Å². The average molecular weight is 189 g/mol. The van der Waals surface area contributed by atoms with Crippen molar-refractivity contribution in [3.8, 4) is 0 Å². The van der Waals surface area contributed by atoms with E-state index in [0.29, 0.717) is 12.4 Å². The van der Waals surface area contributed by atoms with Gasteiger partial charge < -0.3 is 4.90 Å². The zero-order chi connectivity index (χ0) is 9.97. The Bertz CT molecular complexity index is 372. The van der Waals surface area contributed by atoms with Crippen molar-refractivity contribution < 1.29 is 4.79 Å². The molecule has 1 aromatic rings. The zero-order valence-electron chi connectivity index (χ0n) is 7.90. The molecule has 0 bridgehead atoms. The van der Waals surface area contributed by atoms with Crippen LogP contribution in [0.1, 0.15) is 5.56 Å². The Morgan fingerprint density at radius 2 is 2.07 bits per heavy atom. The highest BCUT2D eigenvalue weighted by Crippen LogP contribution is 2.05. The van der Waals surface area contributed by atoms with Gasteiger partial charge in [0, 0.05) is 12.6 Å². The SMILES string of the molecule is CN1CNN=C(c2ccccc2)C1=O. The fourth-order valence-corrected chi connectivity index (χ4v) is 1.30. The van der Waals surface area contributed by atoms with Crippen molar-refractivity contribution in [2.24, 2.45) is 5.10 Å². The summed E-state index contributed by atoms with van der Waals surface area (Å²) in [5.41, 5.74) is 4.12. The Morgan fingerprint density at radius 1 is 1.36 bits per heavy atom. The molecule has 0 unspecified atom stereocenters. The molecule has 4 heteroatoms. The second-order valence-electron chi connectivity index (χ2n) is 3.15. The maximum absolute atomic E-state index is 11.7. The quantitative estimate of drug-likeness (QED) is 0.695. The van der Waals surface area contributed by atoms with Gasteiger partial charge in [-0.05, 0) is 0 Å². The minimum atomic E-state index is -0.0463. The molecule has 14 heavy (non-hydrogen) atoms. The number of nitrogens with one attached hydrogen (secondary N) is 1. The largest absolute Gasteiger partial charge is 0.321 e. The Balaban J connectivity index is 2.35. The molecule has 0 radical (unpaired) electrons. The van der Waals surface area contributed by atoms with Crippen LogP contribution in [-0.4, -0.2) is 30.2 Å². The van der Waals surface area contributed by atoms with E-state index in [1.54, 1.807) is 11.9 Å². The van der Waals surface area contributed by atoms with E-state index in [9.17, 15) is 4.79 Å². The van der Waals surface area contributed by atoms with E-state index in [0.717, 1.165) is 5.56 Å². The maximum atomic E-state index is 11.7. The summed E-state index contributed by atoms with van der Waals surface area (Å²) in [5.74, 6) is -0.0463. The number of carbonyl (C=O) groups is 1. The number of amides is 1. The van der Waals surface area contributed by atoms with E-state index in [1.807, 2.05) is 30.3 Å². The molecule has 0 spiro atoms. The highest BCUT2D eigenvalue weighted by atomic mass is 16.2. The van der Waals surface area contributed by atoms with Crippen LogP contribution < -0.4 is 5.43 Å². The Morgan fingerprint density at radius 3 is 2.79 bits per heavy atom. The molecular formula is C10H11N3O. The molecule has 0 aromatic heterocycles. The van der Waals surface area contributed by atoms with E-state index in [-0.39, 0.29) is 5.91 Å². The second-order valence-corrected chi connectivity index (χ2v) is 3.15. The van der Waals surface area contributed by atoms with Gasteiger partial charge in [-0.15, -0.1) is 0 Å². The van der Waals surface area contributed by atoms with E-state index in [4.69, 9.17) is 0 Å². The summed E-state index contributed by atoms with van der Waals surface area (Å²) in [5, 5.41) is 4.01. The van der Waals surface area contributed by atoms with Gasteiger partial charge in [-0.3, -0.25) is 10.2 Å². The van der Waals surface area contributed by atoms with Gasteiger partial charge >= 0.3 is 0 Å². The van der Waals surface area contributed by atoms with Crippen LogP contribution in [0.5, 0.6) is 0 Å². The number of nitrogens with zero attached hydrogens (tertiary/aromatic N) is 2. The van der Waals surface area contributed by atoms with E-state index in [2.05, 4.69) is 10.5 Å². The van der Waals surface area contributed by atoms with Crippen molar-refractivity contribution in [2.75, 3.05) is 13.7 Å². The van der Waals surface area contributed by atoms with Gasteiger partial charge in [0.15, 0.2) is 5.71 Å².